The van der Waals surface area contributed by atoms with Crippen LogP contribution in [0.15, 0.2) is 22.5 Å². The summed E-state index contributed by atoms with van der Waals surface area (Å²) in [6.07, 6.45) is 2.16. The highest BCUT2D eigenvalue weighted by atomic mass is 32.1. The number of morpholine rings is 1. The molecule has 2 N–H and O–H groups in total. The van der Waals surface area contributed by atoms with Crippen LogP contribution in [0.4, 0.5) is 0 Å². The molecule has 3 rings (SSSR count). The molecule has 1 saturated heterocycles. The molecule has 0 amide bonds. The molecule has 31 heavy (non-hydrogen) atoms. The molecular weight excluding hydrogens is 408 g/mol. The van der Waals surface area contributed by atoms with Crippen LogP contribution in [0.2, 0.25) is 0 Å². The van der Waals surface area contributed by atoms with E-state index in [1.54, 1.807) is 0 Å². The van der Waals surface area contributed by atoms with Crippen LogP contribution >= 0.6 is 11.3 Å². The number of aliphatic imine (C=N–C) groups is 1. The summed E-state index contributed by atoms with van der Waals surface area (Å²) in [7, 11) is 2.03. The molecular formula is C23H38N6OS. The number of rotatable bonds is 9. The summed E-state index contributed by atoms with van der Waals surface area (Å²) in [6, 6.07) is 4.68. The summed E-state index contributed by atoms with van der Waals surface area (Å²) in [5, 5.41) is 13.9. The first-order valence-electron chi connectivity index (χ1n) is 11.5. The second-order valence-electron chi connectivity index (χ2n) is 7.99. The first-order valence-corrected chi connectivity index (χ1v) is 12.4. The second kappa shape index (κ2) is 11.6. The van der Waals surface area contributed by atoms with Gasteiger partial charge < -0.3 is 15.4 Å². The van der Waals surface area contributed by atoms with Crippen LogP contribution in [0.5, 0.6) is 0 Å². The third-order valence-electron chi connectivity index (χ3n) is 5.82. The van der Waals surface area contributed by atoms with Gasteiger partial charge in [-0.1, -0.05) is 19.9 Å². The van der Waals surface area contributed by atoms with Crippen molar-refractivity contribution in [3.05, 3.63) is 39.3 Å². The number of hydrogen-bond acceptors (Lipinski definition) is 5. The van der Waals surface area contributed by atoms with Crippen LogP contribution in [0.1, 0.15) is 55.6 Å². The zero-order valence-corrected chi connectivity index (χ0v) is 20.5. The Balaban J connectivity index is 1.74. The molecule has 0 aromatic carbocycles. The van der Waals surface area contributed by atoms with E-state index in [-0.39, 0.29) is 6.10 Å². The fraction of sp³-hybridized carbons (Fsp3) is 0.652. The number of thiophene rings is 1. The van der Waals surface area contributed by atoms with Crippen molar-refractivity contribution < 1.29 is 4.74 Å². The first kappa shape index (κ1) is 23.8. The minimum absolute atomic E-state index is 0.267. The van der Waals surface area contributed by atoms with Gasteiger partial charge in [0, 0.05) is 49.4 Å². The minimum Gasteiger partial charge on any atom is -0.376 e. The van der Waals surface area contributed by atoms with Crippen molar-refractivity contribution in [3.8, 4) is 0 Å². The van der Waals surface area contributed by atoms with Gasteiger partial charge in [-0.15, -0.1) is 11.3 Å². The quantitative estimate of drug-likeness (QED) is 0.458. The smallest absolute Gasteiger partial charge is 0.191 e. The summed E-state index contributed by atoms with van der Waals surface area (Å²) >= 11 is 1.82. The average Bonchev–Trinajstić information content (AvgIpc) is 3.39. The van der Waals surface area contributed by atoms with Crippen molar-refractivity contribution in [1.82, 2.24) is 25.3 Å². The van der Waals surface area contributed by atoms with Crippen molar-refractivity contribution in [2.75, 3.05) is 32.8 Å². The maximum atomic E-state index is 5.77. The summed E-state index contributed by atoms with van der Waals surface area (Å²) in [5.74, 6) is 0.860. The van der Waals surface area contributed by atoms with Gasteiger partial charge >= 0.3 is 0 Å². The molecule has 2 aromatic rings. The van der Waals surface area contributed by atoms with Gasteiger partial charge in [0.05, 0.1) is 31.0 Å². The normalized spacial score (nSPS) is 18.9. The molecule has 1 fully saturated rings. The molecule has 2 aromatic heterocycles. The van der Waals surface area contributed by atoms with Gasteiger partial charge in [0.1, 0.15) is 0 Å². The molecule has 2 atom stereocenters. The van der Waals surface area contributed by atoms with E-state index < -0.39 is 0 Å². The molecule has 0 bridgehead atoms. The lowest BCUT2D eigenvalue weighted by molar-refractivity contribution is -0.0334. The monoisotopic (exact) mass is 446 g/mol. The van der Waals surface area contributed by atoms with Crippen molar-refractivity contribution >= 4 is 17.3 Å². The molecule has 0 spiro atoms. The number of ether oxygens (including phenoxy) is 1. The first-order chi connectivity index (χ1) is 15.1. The number of guanidine groups is 1. The van der Waals surface area contributed by atoms with Gasteiger partial charge in [-0.2, -0.15) is 5.10 Å². The zero-order chi connectivity index (χ0) is 22.2. The van der Waals surface area contributed by atoms with E-state index in [1.807, 2.05) is 23.1 Å². The summed E-state index contributed by atoms with van der Waals surface area (Å²) in [4.78, 5) is 8.84. The standard InChI is InChI=1S/C23H38N6OS/c1-6-19-18(20(7-2)28(5)27-19)14-25-23(24-8-3)26-15-21(22-10-9-13-31-22)29-11-12-30-17(4)16-29/h9-10,13,17,21H,6-8,11-12,14-16H2,1-5H3,(H2,24,25,26). The van der Waals surface area contributed by atoms with Crippen LogP contribution in [0.25, 0.3) is 0 Å². The van der Waals surface area contributed by atoms with E-state index in [1.165, 1.54) is 16.1 Å². The van der Waals surface area contributed by atoms with Gasteiger partial charge in [0.25, 0.3) is 0 Å². The molecule has 2 unspecified atom stereocenters. The van der Waals surface area contributed by atoms with Crippen molar-refractivity contribution in [3.63, 3.8) is 0 Å². The Hall–Kier alpha value is -1.90. The van der Waals surface area contributed by atoms with E-state index in [4.69, 9.17) is 9.73 Å². The van der Waals surface area contributed by atoms with Gasteiger partial charge in [-0.25, -0.2) is 4.99 Å². The number of aryl methyl sites for hydroxylation is 2. The number of hydrogen-bond donors (Lipinski definition) is 2. The molecule has 7 nitrogen and oxygen atoms in total. The maximum Gasteiger partial charge on any atom is 0.191 e. The van der Waals surface area contributed by atoms with Crippen LogP contribution < -0.4 is 10.6 Å². The lowest BCUT2D eigenvalue weighted by Crippen LogP contribution is -2.48. The Morgan fingerprint density at radius 3 is 2.81 bits per heavy atom. The molecule has 1 aliphatic heterocycles. The molecule has 1 aliphatic rings. The SMILES string of the molecule is CCNC(=NCc1c(CC)nn(C)c1CC)NCC(c1cccs1)N1CCOC(C)C1. The van der Waals surface area contributed by atoms with Crippen LogP contribution in [0, 0.1) is 0 Å². The van der Waals surface area contributed by atoms with Gasteiger partial charge in [0.2, 0.25) is 0 Å². The fourth-order valence-electron chi connectivity index (χ4n) is 4.28. The Kier molecular flexibility index (Phi) is 8.92. The van der Waals surface area contributed by atoms with E-state index in [0.717, 1.165) is 57.3 Å². The highest BCUT2D eigenvalue weighted by Crippen LogP contribution is 2.26. The van der Waals surface area contributed by atoms with Crippen molar-refractivity contribution in [2.24, 2.45) is 12.0 Å². The Labute approximate surface area is 190 Å². The molecule has 0 aliphatic carbocycles. The predicted molar refractivity (Wildman–Crippen MR) is 129 cm³/mol. The Bertz CT molecular complexity index is 831. The largest absolute Gasteiger partial charge is 0.376 e. The molecule has 3 heterocycles. The zero-order valence-electron chi connectivity index (χ0n) is 19.6. The number of nitrogens with zero attached hydrogens (tertiary/aromatic N) is 4. The van der Waals surface area contributed by atoms with Gasteiger partial charge in [-0.05, 0) is 38.1 Å². The summed E-state index contributed by atoms with van der Waals surface area (Å²) in [6.45, 7) is 13.6. The third kappa shape index (κ3) is 6.08. The fourth-order valence-corrected chi connectivity index (χ4v) is 5.15. The third-order valence-corrected chi connectivity index (χ3v) is 6.79. The van der Waals surface area contributed by atoms with Crippen molar-refractivity contribution in [2.45, 2.75) is 59.2 Å². The maximum absolute atomic E-state index is 5.77. The highest BCUT2D eigenvalue weighted by Gasteiger charge is 2.26. The summed E-state index contributed by atoms with van der Waals surface area (Å²) < 4.78 is 7.78. The number of nitrogens with one attached hydrogen (secondary N) is 2. The number of aromatic nitrogens is 2. The average molecular weight is 447 g/mol. The van der Waals surface area contributed by atoms with Gasteiger partial charge in [0.15, 0.2) is 5.96 Å². The van der Waals surface area contributed by atoms with Crippen LogP contribution in [-0.2, 0) is 31.2 Å². The highest BCUT2D eigenvalue weighted by molar-refractivity contribution is 7.10. The van der Waals surface area contributed by atoms with Gasteiger partial charge in [-0.3, -0.25) is 9.58 Å². The molecule has 172 valence electrons. The molecule has 0 radical (unpaired) electrons. The second-order valence-corrected chi connectivity index (χ2v) is 8.97. The Morgan fingerprint density at radius 2 is 2.16 bits per heavy atom. The van der Waals surface area contributed by atoms with Crippen LogP contribution in [-0.4, -0.2) is 59.5 Å². The van der Waals surface area contributed by atoms with E-state index >= 15 is 0 Å². The van der Waals surface area contributed by atoms with Crippen LogP contribution in [0.3, 0.4) is 0 Å². The minimum atomic E-state index is 0.267. The molecule has 8 heteroatoms. The van der Waals surface area contributed by atoms with E-state index in [9.17, 15) is 0 Å². The Morgan fingerprint density at radius 1 is 1.32 bits per heavy atom. The summed E-state index contributed by atoms with van der Waals surface area (Å²) in [5.41, 5.74) is 3.69. The lowest BCUT2D eigenvalue weighted by Gasteiger charge is -2.37. The lowest BCUT2D eigenvalue weighted by atomic mass is 10.1. The predicted octanol–water partition coefficient (Wildman–Crippen LogP) is 3.12. The van der Waals surface area contributed by atoms with E-state index in [2.05, 4.69) is 65.8 Å². The molecule has 0 saturated carbocycles. The topological polar surface area (TPSA) is 66.7 Å². The van der Waals surface area contributed by atoms with Crippen molar-refractivity contribution in [1.29, 1.82) is 0 Å². The van der Waals surface area contributed by atoms with E-state index in [0.29, 0.717) is 12.6 Å².